The number of carbonyl (C=O) groups excluding carboxylic acids is 1. The van der Waals surface area contributed by atoms with Gasteiger partial charge in [0, 0.05) is 22.9 Å². The van der Waals surface area contributed by atoms with Crippen molar-refractivity contribution in [2.45, 2.75) is 26.8 Å². The van der Waals surface area contributed by atoms with Crippen LogP contribution in [0.3, 0.4) is 0 Å². The zero-order valence-electron chi connectivity index (χ0n) is 17.5. The number of hydrogen-bond donors (Lipinski definition) is 1. The van der Waals surface area contributed by atoms with E-state index in [2.05, 4.69) is 20.3 Å². The van der Waals surface area contributed by atoms with E-state index in [1.807, 2.05) is 43.5 Å². The fourth-order valence-electron chi connectivity index (χ4n) is 3.48. The first-order chi connectivity index (χ1) is 14.9. The van der Waals surface area contributed by atoms with E-state index < -0.39 is 5.82 Å². The first-order valence-electron chi connectivity index (χ1n) is 9.97. The molecule has 2 heterocycles. The highest BCUT2D eigenvalue weighted by atomic mass is 19.1. The number of nitrogens with zero attached hydrogens (tertiary/aromatic N) is 4. The highest BCUT2D eigenvalue weighted by Gasteiger charge is 2.18. The minimum absolute atomic E-state index is 0.0511. The SMILES string of the molecule is Cc1ncc(-c2nc(Nc3ccc(C(=O)c4ccccc4)cc3)ncc2F)n1C(C)C. The standard InChI is InChI=1S/C24H22FN5O/c1-15(2)30-16(3)26-14-21(30)22-20(25)13-27-24(29-22)28-19-11-9-18(10-12-19)23(31)17-7-5-4-6-8-17/h4-15H,1-3H3,(H,27,28,29). The van der Waals surface area contributed by atoms with Gasteiger partial charge < -0.3 is 9.88 Å². The van der Waals surface area contributed by atoms with Crippen molar-refractivity contribution in [3.05, 3.63) is 89.8 Å². The number of imidazole rings is 1. The van der Waals surface area contributed by atoms with E-state index in [4.69, 9.17) is 0 Å². The topological polar surface area (TPSA) is 72.7 Å². The van der Waals surface area contributed by atoms with Crippen molar-refractivity contribution in [2.75, 3.05) is 5.32 Å². The number of rotatable bonds is 6. The number of aryl methyl sites for hydroxylation is 1. The van der Waals surface area contributed by atoms with Crippen LogP contribution in [0.25, 0.3) is 11.4 Å². The second-order valence-corrected chi connectivity index (χ2v) is 7.44. The van der Waals surface area contributed by atoms with Crippen molar-refractivity contribution in [3.8, 4) is 11.4 Å². The smallest absolute Gasteiger partial charge is 0.227 e. The van der Waals surface area contributed by atoms with Crippen molar-refractivity contribution in [1.82, 2.24) is 19.5 Å². The van der Waals surface area contributed by atoms with Gasteiger partial charge in [-0.15, -0.1) is 0 Å². The number of nitrogens with one attached hydrogen (secondary N) is 1. The average molecular weight is 415 g/mol. The molecule has 0 saturated heterocycles. The van der Waals surface area contributed by atoms with Gasteiger partial charge in [0.15, 0.2) is 11.6 Å². The van der Waals surface area contributed by atoms with Crippen LogP contribution in [0, 0.1) is 12.7 Å². The van der Waals surface area contributed by atoms with E-state index in [1.165, 1.54) is 0 Å². The molecule has 0 amide bonds. The third-order valence-electron chi connectivity index (χ3n) is 4.92. The third kappa shape index (κ3) is 4.21. The van der Waals surface area contributed by atoms with Crippen LogP contribution in [-0.4, -0.2) is 25.3 Å². The molecule has 0 saturated carbocycles. The van der Waals surface area contributed by atoms with Crippen LogP contribution < -0.4 is 5.32 Å². The molecule has 0 aliphatic carbocycles. The molecule has 0 aliphatic heterocycles. The lowest BCUT2D eigenvalue weighted by Crippen LogP contribution is -2.08. The Morgan fingerprint density at radius 2 is 1.65 bits per heavy atom. The van der Waals surface area contributed by atoms with Gasteiger partial charge in [0.25, 0.3) is 0 Å². The van der Waals surface area contributed by atoms with Gasteiger partial charge in [-0.2, -0.15) is 0 Å². The molecule has 2 aromatic heterocycles. The Balaban J connectivity index is 1.58. The molecular weight excluding hydrogens is 393 g/mol. The molecule has 0 aliphatic rings. The molecule has 1 N–H and O–H groups in total. The summed E-state index contributed by atoms with van der Waals surface area (Å²) in [5, 5.41) is 3.07. The predicted molar refractivity (Wildman–Crippen MR) is 118 cm³/mol. The van der Waals surface area contributed by atoms with Crippen LogP contribution in [0.5, 0.6) is 0 Å². The van der Waals surface area contributed by atoms with Crippen LogP contribution >= 0.6 is 0 Å². The number of benzene rings is 2. The predicted octanol–water partition coefficient (Wildman–Crippen LogP) is 5.34. The summed E-state index contributed by atoms with van der Waals surface area (Å²) in [5.74, 6) is 0.477. The molecule has 7 heteroatoms. The van der Waals surface area contributed by atoms with Gasteiger partial charge in [-0.05, 0) is 45.0 Å². The van der Waals surface area contributed by atoms with Crippen LogP contribution in [-0.2, 0) is 0 Å². The fourth-order valence-corrected chi connectivity index (χ4v) is 3.48. The largest absolute Gasteiger partial charge is 0.324 e. The molecule has 0 fully saturated rings. The highest BCUT2D eigenvalue weighted by molar-refractivity contribution is 6.09. The van der Waals surface area contributed by atoms with E-state index in [-0.39, 0.29) is 23.5 Å². The summed E-state index contributed by atoms with van der Waals surface area (Å²) < 4.78 is 16.4. The summed E-state index contributed by atoms with van der Waals surface area (Å²) in [4.78, 5) is 25.3. The van der Waals surface area contributed by atoms with Crippen molar-refractivity contribution >= 4 is 17.4 Å². The Morgan fingerprint density at radius 3 is 2.32 bits per heavy atom. The Labute approximate surface area is 179 Å². The first-order valence-corrected chi connectivity index (χ1v) is 9.97. The second-order valence-electron chi connectivity index (χ2n) is 7.44. The molecule has 4 rings (SSSR count). The van der Waals surface area contributed by atoms with Crippen molar-refractivity contribution in [1.29, 1.82) is 0 Å². The molecular formula is C24H22FN5O. The van der Waals surface area contributed by atoms with E-state index in [9.17, 15) is 9.18 Å². The Bertz CT molecular complexity index is 1220. The van der Waals surface area contributed by atoms with Crippen molar-refractivity contribution in [2.24, 2.45) is 0 Å². The quantitative estimate of drug-likeness (QED) is 0.430. The minimum Gasteiger partial charge on any atom is -0.324 e. The molecule has 2 aromatic carbocycles. The van der Waals surface area contributed by atoms with Crippen LogP contribution in [0.15, 0.2) is 67.0 Å². The number of aromatic nitrogens is 4. The normalized spacial score (nSPS) is 11.0. The average Bonchev–Trinajstić information content (AvgIpc) is 3.17. The van der Waals surface area contributed by atoms with Crippen LogP contribution in [0.4, 0.5) is 16.0 Å². The Kier molecular flexibility index (Phi) is 5.58. The molecule has 31 heavy (non-hydrogen) atoms. The molecule has 0 atom stereocenters. The number of ketones is 1. The van der Waals surface area contributed by atoms with Crippen molar-refractivity contribution < 1.29 is 9.18 Å². The van der Waals surface area contributed by atoms with Gasteiger partial charge in [0.2, 0.25) is 5.95 Å². The summed E-state index contributed by atoms with van der Waals surface area (Å²) in [6.07, 6.45) is 2.76. The van der Waals surface area contributed by atoms with Gasteiger partial charge in [-0.25, -0.2) is 19.3 Å². The number of carbonyl (C=O) groups is 1. The summed E-state index contributed by atoms with van der Waals surface area (Å²) >= 11 is 0. The summed E-state index contributed by atoms with van der Waals surface area (Å²) in [6.45, 7) is 5.89. The number of halogens is 1. The maximum atomic E-state index is 14.5. The maximum Gasteiger partial charge on any atom is 0.227 e. The van der Waals surface area contributed by atoms with Crippen LogP contribution in [0.2, 0.25) is 0 Å². The number of anilines is 2. The summed E-state index contributed by atoms with van der Waals surface area (Å²) in [7, 11) is 0. The monoisotopic (exact) mass is 415 g/mol. The van der Waals surface area contributed by atoms with E-state index in [0.29, 0.717) is 22.5 Å². The minimum atomic E-state index is -0.517. The lowest BCUT2D eigenvalue weighted by atomic mass is 10.0. The fraction of sp³-hybridized carbons (Fsp3) is 0.167. The van der Waals surface area contributed by atoms with Crippen molar-refractivity contribution in [3.63, 3.8) is 0 Å². The van der Waals surface area contributed by atoms with Gasteiger partial charge in [-0.1, -0.05) is 30.3 Å². The molecule has 0 radical (unpaired) electrons. The number of hydrogen-bond acceptors (Lipinski definition) is 5. The summed E-state index contributed by atoms with van der Waals surface area (Å²) in [6, 6.07) is 16.2. The molecule has 4 aromatic rings. The van der Waals surface area contributed by atoms with Crippen LogP contribution in [0.1, 0.15) is 41.6 Å². The molecule has 156 valence electrons. The third-order valence-corrected chi connectivity index (χ3v) is 4.92. The zero-order chi connectivity index (χ0) is 22.0. The van der Waals surface area contributed by atoms with E-state index >= 15 is 0 Å². The maximum absolute atomic E-state index is 14.5. The molecule has 0 bridgehead atoms. The van der Waals surface area contributed by atoms with E-state index in [1.54, 1.807) is 42.6 Å². The molecule has 0 unspecified atom stereocenters. The highest BCUT2D eigenvalue weighted by Crippen LogP contribution is 2.26. The van der Waals surface area contributed by atoms with Gasteiger partial charge in [-0.3, -0.25) is 4.79 Å². The Morgan fingerprint density at radius 1 is 0.968 bits per heavy atom. The van der Waals surface area contributed by atoms with Gasteiger partial charge >= 0.3 is 0 Å². The Hall–Kier alpha value is -3.87. The van der Waals surface area contributed by atoms with Gasteiger partial charge in [0.1, 0.15) is 11.5 Å². The van der Waals surface area contributed by atoms with E-state index in [0.717, 1.165) is 12.0 Å². The van der Waals surface area contributed by atoms with Gasteiger partial charge in [0.05, 0.1) is 18.1 Å². The first kappa shape index (κ1) is 20.4. The summed E-state index contributed by atoms with van der Waals surface area (Å²) in [5.41, 5.74) is 2.68. The lowest BCUT2D eigenvalue weighted by Gasteiger charge is -2.14. The lowest BCUT2D eigenvalue weighted by molar-refractivity contribution is 0.103. The zero-order valence-corrected chi connectivity index (χ0v) is 17.5. The molecule has 0 spiro atoms. The second kappa shape index (κ2) is 8.47. The molecule has 6 nitrogen and oxygen atoms in total.